The van der Waals surface area contributed by atoms with Crippen LogP contribution in [0.5, 0.6) is 0 Å². The number of nitrogens with zero attached hydrogens (tertiary/aromatic N) is 4. The van der Waals surface area contributed by atoms with Crippen molar-refractivity contribution in [1.29, 1.82) is 0 Å². The molecule has 1 aliphatic rings. The summed E-state index contributed by atoms with van der Waals surface area (Å²) in [5.74, 6) is 0. The standard InChI is InChI=1S/C13H18N4O3/c1-14(2)13(18)16-9-7-15(8-10-16)11-3-5-12(6-4-11)17(19)20/h3-6H,7-10H2,1-2H3. The molecule has 0 aromatic heterocycles. The summed E-state index contributed by atoms with van der Waals surface area (Å²) in [6, 6.07) is 6.54. The highest BCUT2D eigenvalue weighted by molar-refractivity contribution is 5.74. The first-order chi connectivity index (χ1) is 9.49. The Morgan fingerprint density at radius 1 is 1.15 bits per heavy atom. The lowest BCUT2D eigenvalue weighted by atomic mass is 10.2. The summed E-state index contributed by atoms with van der Waals surface area (Å²) in [4.78, 5) is 27.5. The van der Waals surface area contributed by atoms with Crippen LogP contribution in [0.1, 0.15) is 0 Å². The summed E-state index contributed by atoms with van der Waals surface area (Å²) in [5, 5.41) is 10.6. The number of non-ortho nitro benzene ring substituents is 1. The van der Waals surface area contributed by atoms with Crippen molar-refractivity contribution in [3.05, 3.63) is 34.4 Å². The van der Waals surface area contributed by atoms with Gasteiger partial charge < -0.3 is 14.7 Å². The average Bonchev–Trinajstić information content (AvgIpc) is 2.46. The van der Waals surface area contributed by atoms with E-state index in [-0.39, 0.29) is 11.7 Å². The SMILES string of the molecule is CN(C)C(=O)N1CCN(c2ccc([N+](=O)[O-])cc2)CC1. The molecule has 1 fully saturated rings. The van der Waals surface area contributed by atoms with E-state index < -0.39 is 4.92 Å². The van der Waals surface area contributed by atoms with E-state index in [0.717, 1.165) is 18.8 Å². The van der Waals surface area contributed by atoms with Crippen molar-refractivity contribution < 1.29 is 9.72 Å². The third kappa shape index (κ3) is 2.98. The maximum absolute atomic E-state index is 11.8. The highest BCUT2D eigenvalue weighted by Gasteiger charge is 2.22. The number of benzene rings is 1. The number of piperazine rings is 1. The van der Waals surface area contributed by atoms with Crippen molar-refractivity contribution in [2.75, 3.05) is 45.2 Å². The van der Waals surface area contributed by atoms with Gasteiger partial charge in [-0.25, -0.2) is 4.79 Å². The lowest BCUT2D eigenvalue weighted by Gasteiger charge is -2.37. The normalized spacial score (nSPS) is 15.1. The molecule has 0 atom stereocenters. The summed E-state index contributed by atoms with van der Waals surface area (Å²) < 4.78 is 0. The van der Waals surface area contributed by atoms with E-state index in [9.17, 15) is 14.9 Å². The van der Waals surface area contributed by atoms with Gasteiger partial charge in [0.05, 0.1) is 4.92 Å². The van der Waals surface area contributed by atoms with E-state index in [1.54, 1.807) is 31.1 Å². The summed E-state index contributed by atoms with van der Waals surface area (Å²) >= 11 is 0. The van der Waals surface area contributed by atoms with E-state index >= 15 is 0 Å². The first-order valence-electron chi connectivity index (χ1n) is 6.44. The molecule has 0 radical (unpaired) electrons. The number of anilines is 1. The van der Waals surface area contributed by atoms with E-state index in [4.69, 9.17) is 0 Å². The Morgan fingerprint density at radius 3 is 2.15 bits per heavy atom. The largest absolute Gasteiger partial charge is 0.368 e. The van der Waals surface area contributed by atoms with Crippen LogP contribution in [0.3, 0.4) is 0 Å². The highest BCUT2D eigenvalue weighted by atomic mass is 16.6. The number of nitro benzene ring substituents is 1. The number of urea groups is 1. The second kappa shape index (κ2) is 5.77. The van der Waals surface area contributed by atoms with Crippen LogP contribution in [-0.2, 0) is 0 Å². The van der Waals surface area contributed by atoms with Crippen molar-refractivity contribution in [2.45, 2.75) is 0 Å². The van der Waals surface area contributed by atoms with Crippen LogP contribution < -0.4 is 4.90 Å². The molecule has 0 bridgehead atoms. The minimum absolute atomic E-state index is 0.0216. The Morgan fingerprint density at radius 2 is 1.70 bits per heavy atom. The second-order valence-corrected chi connectivity index (χ2v) is 4.92. The smallest absolute Gasteiger partial charge is 0.319 e. The van der Waals surface area contributed by atoms with Gasteiger partial charge >= 0.3 is 6.03 Å². The lowest BCUT2D eigenvalue weighted by Crippen LogP contribution is -2.51. The monoisotopic (exact) mass is 278 g/mol. The van der Waals surface area contributed by atoms with Crippen LogP contribution >= 0.6 is 0 Å². The van der Waals surface area contributed by atoms with Crippen LogP contribution in [0, 0.1) is 10.1 Å². The first kappa shape index (κ1) is 14.1. The molecule has 7 heteroatoms. The molecular formula is C13H18N4O3. The molecule has 1 aliphatic heterocycles. The zero-order chi connectivity index (χ0) is 14.7. The van der Waals surface area contributed by atoms with Crippen molar-refractivity contribution in [3.8, 4) is 0 Å². The van der Waals surface area contributed by atoms with Gasteiger partial charge in [0.2, 0.25) is 0 Å². The molecule has 0 unspecified atom stereocenters. The first-order valence-corrected chi connectivity index (χ1v) is 6.44. The van der Waals surface area contributed by atoms with Crippen LogP contribution in [-0.4, -0.2) is 61.0 Å². The number of amides is 2. The fourth-order valence-corrected chi connectivity index (χ4v) is 2.22. The molecule has 2 rings (SSSR count). The van der Waals surface area contributed by atoms with Crippen LogP contribution in [0.2, 0.25) is 0 Å². The molecule has 0 aliphatic carbocycles. The minimum atomic E-state index is -0.405. The Hall–Kier alpha value is -2.31. The van der Waals surface area contributed by atoms with Crippen LogP contribution in [0.15, 0.2) is 24.3 Å². The van der Waals surface area contributed by atoms with Crippen LogP contribution in [0.25, 0.3) is 0 Å². The summed E-state index contributed by atoms with van der Waals surface area (Å²) in [7, 11) is 3.48. The van der Waals surface area contributed by atoms with Crippen LogP contribution in [0.4, 0.5) is 16.2 Å². The number of hydrogen-bond acceptors (Lipinski definition) is 4. The fraction of sp³-hybridized carbons (Fsp3) is 0.462. The van der Waals surface area contributed by atoms with Crippen molar-refractivity contribution in [3.63, 3.8) is 0 Å². The molecule has 108 valence electrons. The van der Waals surface area contributed by atoms with Gasteiger partial charge in [-0.2, -0.15) is 0 Å². The van der Waals surface area contributed by atoms with E-state index in [2.05, 4.69) is 4.90 Å². The fourth-order valence-electron chi connectivity index (χ4n) is 2.22. The van der Waals surface area contributed by atoms with Crippen molar-refractivity contribution >= 4 is 17.4 Å². The number of carbonyl (C=O) groups excluding carboxylic acids is 1. The molecule has 0 spiro atoms. The van der Waals surface area contributed by atoms with Gasteiger partial charge in [-0.3, -0.25) is 10.1 Å². The molecule has 1 aromatic rings. The third-order valence-electron chi connectivity index (χ3n) is 3.36. The third-order valence-corrected chi connectivity index (χ3v) is 3.36. The Kier molecular flexibility index (Phi) is 4.07. The molecule has 1 saturated heterocycles. The summed E-state index contributed by atoms with van der Waals surface area (Å²) in [5.41, 5.74) is 1.04. The molecular weight excluding hydrogens is 260 g/mol. The predicted octanol–water partition coefficient (Wildman–Crippen LogP) is 1.40. The quantitative estimate of drug-likeness (QED) is 0.605. The zero-order valence-corrected chi connectivity index (χ0v) is 11.7. The molecule has 1 heterocycles. The topological polar surface area (TPSA) is 69.9 Å². The van der Waals surface area contributed by atoms with E-state index in [1.165, 1.54) is 12.1 Å². The van der Waals surface area contributed by atoms with Gasteiger partial charge in [0.1, 0.15) is 0 Å². The molecule has 0 N–H and O–H groups in total. The van der Waals surface area contributed by atoms with Gasteiger partial charge in [0, 0.05) is 58.1 Å². The van der Waals surface area contributed by atoms with E-state index in [0.29, 0.717) is 13.1 Å². The van der Waals surface area contributed by atoms with Gasteiger partial charge in [-0.1, -0.05) is 0 Å². The van der Waals surface area contributed by atoms with Gasteiger partial charge in [-0.05, 0) is 12.1 Å². The van der Waals surface area contributed by atoms with Gasteiger partial charge in [0.25, 0.3) is 5.69 Å². The summed E-state index contributed by atoms with van der Waals surface area (Å²) in [6.07, 6.45) is 0. The molecule has 20 heavy (non-hydrogen) atoms. The maximum Gasteiger partial charge on any atom is 0.319 e. The van der Waals surface area contributed by atoms with E-state index in [1.807, 2.05) is 4.90 Å². The molecule has 1 aromatic carbocycles. The zero-order valence-electron chi connectivity index (χ0n) is 11.7. The highest BCUT2D eigenvalue weighted by Crippen LogP contribution is 2.20. The second-order valence-electron chi connectivity index (χ2n) is 4.92. The maximum atomic E-state index is 11.8. The van der Waals surface area contributed by atoms with Crippen molar-refractivity contribution in [1.82, 2.24) is 9.80 Å². The number of hydrogen-bond donors (Lipinski definition) is 0. The predicted molar refractivity (Wildman–Crippen MR) is 76.0 cm³/mol. The Bertz CT molecular complexity index is 493. The Balaban J connectivity index is 1.97. The number of carbonyl (C=O) groups is 1. The lowest BCUT2D eigenvalue weighted by molar-refractivity contribution is -0.384. The Labute approximate surface area is 117 Å². The number of rotatable bonds is 2. The number of nitro groups is 1. The average molecular weight is 278 g/mol. The van der Waals surface area contributed by atoms with Crippen molar-refractivity contribution in [2.24, 2.45) is 0 Å². The molecule has 7 nitrogen and oxygen atoms in total. The minimum Gasteiger partial charge on any atom is -0.368 e. The van der Waals surface area contributed by atoms with Gasteiger partial charge in [-0.15, -0.1) is 0 Å². The molecule has 2 amide bonds. The molecule has 0 saturated carbocycles. The van der Waals surface area contributed by atoms with Gasteiger partial charge in [0.15, 0.2) is 0 Å². The summed E-state index contributed by atoms with van der Waals surface area (Å²) in [6.45, 7) is 2.79.